The van der Waals surface area contributed by atoms with Crippen molar-refractivity contribution in [2.24, 2.45) is 5.84 Å². The van der Waals surface area contributed by atoms with Crippen molar-refractivity contribution in [2.75, 3.05) is 10.7 Å². The van der Waals surface area contributed by atoms with Crippen LogP contribution in [0.4, 0.5) is 15.8 Å². The van der Waals surface area contributed by atoms with Gasteiger partial charge in [-0.1, -0.05) is 0 Å². The van der Waals surface area contributed by atoms with E-state index >= 15 is 0 Å². The molecular formula is C13H11BrFN3O. The molecule has 0 spiro atoms. The van der Waals surface area contributed by atoms with E-state index in [1.165, 1.54) is 18.2 Å². The van der Waals surface area contributed by atoms with E-state index in [2.05, 4.69) is 26.7 Å². The Bertz CT molecular complexity index is 601. The van der Waals surface area contributed by atoms with Gasteiger partial charge < -0.3 is 10.7 Å². The molecule has 6 heteroatoms. The van der Waals surface area contributed by atoms with Crippen LogP contribution in [0.2, 0.25) is 0 Å². The van der Waals surface area contributed by atoms with Crippen LogP contribution in [-0.2, 0) is 0 Å². The van der Waals surface area contributed by atoms with Crippen molar-refractivity contribution in [3.63, 3.8) is 0 Å². The third kappa shape index (κ3) is 3.30. The maximum atomic E-state index is 13.1. The largest absolute Gasteiger partial charge is 0.324 e. The van der Waals surface area contributed by atoms with Gasteiger partial charge in [0.1, 0.15) is 5.82 Å². The van der Waals surface area contributed by atoms with Crippen LogP contribution in [0.5, 0.6) is 0 Å². The summed E-state index contributed by atoms with van der Waals surface area (Å²) >= 11 is 3.06. The monoisotopic (exact) mass is 323 g/mol. The zero-order valence-electron chi connectivity index (χ0n) is 9.78. The Balaban J connectivity index is 2.13. The smallest absolute Gasteiger partial charge is 0.255 e. The topological polar surface area (TPSA) is 67.1 Å². The number of halogens is 2. The second-order valence-corrected chi connectivity index (χ2v) is 4.66. The summed E-state index contributed by atoms with van der Waals surface area (Å²) in [6.45, 7) is 0. The minimum absolute atomic E-state index is 0.276. The summed E-state index contributed by atoms with van der Waals surface area (Å²) in [5, 5.41) is 2.68. The quantitative estimate of drug-likeness (QED) is 0.600. The van der Waals surface area contributed by atoms with Gasteiger partial charge in [0.2, 0.25) is 0 Å². The second-order valence-electron chi connectivity index (χ2n) is 3.80. The van der Waals surface area contributed by atoms with Gasteiger partial charge in [-0.25, -0.2) is 4.39 Å². The molecule has 4 N–H and O–H groups in total. The predicted molar refractivity (Wildman–Crippen MR) is 76.3 cm³/mol. The van der Waals surface area contributed by atoms with Gasteiger partial charge in [-0.15, -0.1) is 0 Å². The van der Waals surface area contributed by atoms with Crippen molar-refractivity contribution >= 4 is 33.2 Å². The highest BCUT2D eigenvalue weighted by molar-refractivity contribution is 9.10. The highest BCUT2D eigenvalue weighted by atomic mass is 79.9. The predicted octanol–water partition coefficient (Wildman–Crippen LogP) is 3.13. The van der Waals surface area contributed by atoms with Gasteiger partial charge in [-0.3, -0.25) is 10.6 Å². The van der Waals surface area contributed by atoms with Crippen molar-refractivity contribution in [2.45, 2.75) is 0 Å². The van der Waals surface area contributed by atoms with E-state index in [-0.39, 0.29) is 11.7 Å². The normalized spacial score (nSPS) is 10.1. The summed E-state index contributed by atoms with van der Waals surface area (Å²) in [5.41, 5.74) is 4.19. The first-order valence-electron chi connectivity index (χ1n) is 5.43. The molecule has 0 atom stereocenters. The number of hydrogen-bond acceptors (Lipinski definition) is 3. The summed E-state index contributed by atoms with van der Waals surface area (Å²) in [6.07, 6.45) is 0. The lowest BCUT2D eigenvalue weighted by Crippen LogP contribution is -2.12. The zero-order valence-corrected chi connectivity index (χ0v) is 11.4. The summed E-state index contributed by atoms with van der Waals surface area (Å²) in [5.74, 6) is 4.58. The molecule has 98 valence electrons. The van der Waals surface area contributed by atoms with E-state index < -0.39 is 0 Å². The molecule has 4 nitrogen and oxygen atoms in total. The van der Waals surface area contributed by atoms with Crippen LogP contribution in [0.25, 0.3) is 0 Å². The molecule has 2 aromatic rings. The van der Waals surface area contributed by atoms with E-state index in [1.54, 1.807) is 24.3 Å². The number of rotatable bonds is 3. The van der Waals surface area contributed by atoms with Crippen LogP contribution in [0.15, 0.2) is 46.9 Å². The van der Waals surface area contributed by atoms with Gasteiger partial charge in [-0.05, 0) is 58.4 Å². The third-order valence-corrected chi connectivity index (χ3v) is 3.10. The van der Waals surface area contributed by atoms with Gasteiger partial charge in [0.15, 0.2) is 0 Å². The zero-order chi connectivity index (χ0) is 13.8. The minimum atomic E-state index is -0.378. The van der Waals surface area contributed by atoms with Crippen molar-refractivity contribution < 1.29 is 9.18 Å². The fraction of sp³-hybridized carbons (Fsp3) is 0. The molecule has 0 aliphatic heterocycles. The number of carbonyl (C=O) groups excluding carboxylic acids is 1. The molecule has 0 aliphatic rings. The molecule has 0 saturated carbocycles. The molecule has 0 saturated heterocycles. The fourth-order valence-corrected chi connectivity index (χ4v) is 1.87. The molecule has 0 radical (unpaired) electrons. The molecule has 0 bridgehead atoms. The van der Waals surface area contributed by atoms with Gasteiger partial charge in [0.05, 0.1) is 4.47 Å². The first-order valence-corrected chi connectivity index (χ1v) is 6.22. The van der Waals surface area contributed by atoms with E-state index in [1.807, 2.05) is 0 Å². The second kappa shape index (κ2) is 5.81. The number of nitrogen functional groups attached to an aromatic ring is 1. The highest BCUT2D eigenvalue weighted by Crippen LogP contribution is 2.20. The average Bonchev–Trinajstić information content (AvgIpc) is 2.43. The van der Waals surface area contributed by atoms with Gasteiger partial charge in [0.25, 0.3) is 5.91 Å². The standard InChI is InChI=1S/C13H11BrFN3O/c14-11-7-10(5-6-12(11)15)17-13(19)8-1-3-9(18-16)4-2-8/h1-7,18H,16H2,(H,17,19). The van der Waals surface area contributed by atoms with Crippen LogP contribution >= 0.6 is 15.9 Å². The molecule has 0 aromatic heterocycles. The van der Waals surface area contributed by atoms with E-state index in [4.69, 9.17) is 5.84 Å². The Kier molecular flexibility index (Phi) is 4.13. The summed E-state index contributed by atoms with van der Waals surface area (Å²) in [4.78, 5) is 11.9. The lowest BCUT2D eigenvalue weighted by atomic mass is 10.2. The molecule has 1 amide bonds. The number of anilines is 2. The van der Waals surface area contributed by atoms with Gasteiger partial charge >= 0.3 is 0 Å². The minimum Gasteiger partial charge on any atom is -0.324 e. The third-order valence-electron chi connectivity index (χ3n) is 2.49. The van der Waals surface area contributed by atoms with Crippen molar-refractivity contribution in [3.8, 4) is 0 Å². The van der Waals surface area contributed by atoms with E-state index in [9.17, 15) is 9.18 Å². The van der Waals surface area contributed by atoms with Crippen LogP contribution < -0.4 is 16.6 Å². The molecule has 0 aliphatic carbocycles. The van der Waals surface area contributed by atoms with Crippen LogP contribution in [-0.4, -0.2) is 5.91 Å². The SMILES string of the molecule is NNc1ccc(C(=O)Nc2ccc(F)c(Br)c2)cc1. The van der Waals surface area contributed by atoms with Crippen molar-refractivity contribution in [3.05, 3.63) is 58.3 Å². The van der Waals surface area contributed by atoms with Gasteiger partial charge in [0, 0.05) is 16.9 Å². The number of amides is 1. The van der Waals surface area contributed by atoms with Crippen LogP contribution in [0.3, 0.4) is 0 Å². The fourth-order valence-electron chi connectivity index (χ4n) is 1.49. The number of carbonyl (C=O) groups is 1. The number of hydrazine groups is 1. The summed E-state index contributed by atoms with van der Waals surface area (Å²) < 4.78 is 13.4. The van der Waals surface area contributed by atoms with Crippen LogP contribution in [0.1, 0.15) is 10.4 Å². The first-order chi connectivity index (χ1) is 9.10. The Morgan fingerprint density at radius 1 is 1.11 bits per heavy atom. The summed E-state index contributed by atoms with van der Waals surface area (Å²) in [6, 6.07) is 10.9. The molecule has 2 rings (SSSR count). The number of hydrogen-bond donors (Lipinski definition) is 3. The lowest BCUT2D eigenvalue weighted by Gasteiger charge is -2.07. The summed E-state index contributed by atoms with van der Waals surface area (Å²) in [7, 11) is 0. The molecular weight excluding hydrogens is 313 g/mol. The Labute approximate surface area is 117 Å². The van der Waals surface area contributed by atoms with E-state index in [0.29, 0.717) is 21.4 Å². The Hall–Kier alpha value is -1.92. The van der Waals surface area contributed by atoms with Crippen LogP contribution in [0, 0.1) is 5.82 Å². The number of nitrogens with two attached hydrogens (primary N) is 1. The Morgan fingerprint density at radius 3 is 2.32 bits per heavy atom. The maximum Gasteiger partial charge on any atom is 0.255 e. The van der Waals surface area contributed by atoms with Crippen molar-refractivity contribution in [1.82, 2.24) is 0 Å². The molecule has 0 heterocycles. The molecule has 2 aromatic carbocycles. The van der Waals surface area contributed by atoms with E-state index in [0.717, 1.165) is 0 Å². The number of benzene rings is 2. The molecule has 0 unspecified atom stereocenters. The first kappa shape index (κ1) is 13.5. The highest BCUT2D eigenvalue weighted by Gasteiger charge is 2.07. The molecule has 0 fully saturated rings. The molecule has 19 heavy (non-hydrogen) atoms. The average molecular weight is 324 g/mol. The van der Waals surface area contributed by atoms with Crippen molar-refractivity contribution in [1.29, 1.82) is 0 Å². The van der Waals surface area contributed by atoms with Gasteiger partial charge in [-0.2, -0.15) is 0 Å². The maximum absolute atomic E-state index is 13.1. The lowest BCUT2D eigenvalue weighted by molar-refractivity contribution is 0.102. The number of nitrogens with one attached hydrogen (secondary N) is 2. The Morgan fingerprint density at radius 2 is 1.74 bits per heavy atom.